The number of unbranched alkanes of at least 4 members (excludes halogenated alkanes) is 1. The van der Waals surface area contributed by atoms with E-state index in [2.05, 4.69) is 102 Å². The topological polar surface area (TPSA) is 28.4 Å². The predicted molar refractivity (Wildman–Crippen MR) is 121 cm³/mol. The minimum atomic E-state index is -0.421. The standard InChI is InChI=1S/C20H23Br3N2O/c1-3-4-7-24(2)11-15(26)12-25-19-6-5-13(21)8-16(19)17-9-14(22)10-18(23)20(17)25/h5-6,8-10,15,26H,3-4,7,11-12H2,1-2H3/t15-/m1/s1. The summed E-state index contributed by atoms with van der Waals surface area (Å²) in [5.41, 5.74) is 2.26. The van der Waals surface area contributed by atoms with E-state index < -0.39 is 6.10 Å². The Bertz CT molecular complexity index is 922. The number of rotatable bonds is 7. The summed E-state index contributed by atoms with van der Waals surface area (Å²) in [4.78, 5) is 2.21. The van der Waals surface area contributed by atoms with E-state index in [-0.39, 0.29) is 0 Å². The second-order valence-corrected chi connectivity index (χ2v) is 9.51. The summed E-state index contributed by atoms with van der Waals surface area (Å²) in [6.07, 6.45) is 1.91. The van der Waals surface area contributed by atoms with E-state index in [0.29, 0.717) is 13.1 Å². The predicted octanol–water partition coefficient (Wildman–Crippen LogP) is 6.17. The molecule has 0 aliphatic heterocycles. The van der Waals surface area contributed by atoms with Crippen molar-refractivity contribution in [3.8, 4) is 0 Å². The Morgan fingerprint density at radius 1 is 1.08 bits per heavy atom. The molecule has 0 aliphatic carbocycles. The van der Waals surface area contributed by atoms with Crippen LogP contribution < -0.4 is 0 Å². The molecule has 0 radical (unpaired) electrons. The molecule has 6 heteroatoms. The zero-order chi connectivity index (χ0) is 18.8. The zero-order valence-corrected chi connectivity index (χ0v) is 19.7. The summed E-state index contributed by atoms with van der Waals surface area (Å²) in [6, 6.07) is 10.5. The molecule has 0 fully saturated rings. The van der Waals surface area contributed by atoms with Crippen LogP contribution in [0.4, 0.5) is 0 Å². The molecule has 0 unspecified atom stereocenters. The molecule has 2 aromatic carbocycles. The average Bonchev–Trinajstić information content (AvgIpc) is 2.86. The highest BCUT2D eigenvalue weighted by atomic mass is 79.9. The third-order valence-electron chi connectivity index (χ3n) is 4.65. The molecule has 3 nitrogen and oxygen atoms in total. The molecule has 0 spiro atoms. The van der Waals surface area contributed by atoms with Crippen LogP contribution in [0.2, 0.25) is 0 Å². The number of benzene rings is 2. The van der Waals surface area contributed by atoms with E-state index >= 15 is 0 Å². The van der Waals surface area contributed by atoms with Crippen molar-refractivity contribution in [1.29, 1.82) is 0 Å². The van der Waals surface area contributed by atoms with Gasteiger partial charge in [0.25, 0.3) is 0 Å². The highest BCUT2D eigenvalue weighted by molar-refractivity contribution is 9.11. The maximum Gasteiger partial charge on any atom is 0.0845 e. The molecule has 0 bridgehead atoms. The molecule has 3 aromatic rings. The first kappa shape index (κ1) is 20.3. The van der Waals surface area contributed by atoms with Gasteiger partial charge in [0.05, 0.1) is 18.2 Å². The van der Waals surface area contributed by atoms with Gasteiger partial charge in [0.15, 0.2) is 0 Å². The van der Waals surface area contributed by atoms with Gasteiger partial charge in [-0.2, -0.15) is 0 Å². The van der Waals surface area contributed by atoms with Gasteiger partial charge in [0.2, 0.25) is 0 Å². The maximum atomic E-state index is 10.7. The van der Waals surface area contributed by atoms with E-state index in [1.54, 1.807) is 0 Å². The second kappa shape index (κ2) is 8.74. The zero-order valence-electron chi connectivity index (χ0n) is 15.0. The molecule has 1 N–H and O–H groups in total. The second-order valence-electron chi connectivity index (χ2n) is 6.83. The fraction of sp³-hybridized carbons (Fsp3) is 0.400. The molecule has 0 amide bonds. The van der Waals surface area contributed by atoms with E-state index in [4.69, 9.17) is 0 Å². The molecule has 1 heterocycles. The van der Waals surface area contributed by atoms with E-state index in [1.165, 1.54) is 17.2 Å². The summed E-state index contributed by atoms with van der Waals surface area (Å²) < 4.78 is 5.35. The van der Waals surface area contributed by atoms with Crippen LogP contribution in [0.15, 0.2) is 43.7 Å². The van der Waals surface area contributed by atoms with Gasteiger partial charge in [-0.3, -0.25) is 0 Å². The minimum absolute atomic E-state index is 0.421. The van der Waals surface area contributed by atoms with Gasteiger partial charge in [0.1, 0.15) is 0 Å². The fourth-order valence-corrected chi connectivity index (χ4v) is 5.26. The van der Waals surface area contributed by atoms with Crippen LogP contribution >= 0.6 is 47.8 Å². The van der Waals surface area contributed by atoms with Crippen molar-refractivity contribution in [2.75, 3.05) is 20.1 Å². The lowest BCUT2D eigenvalue weighted by molar-refractivity contribution is 0.111. The van der Waals surface area contributed by atoms with Crippen LogP contribution in [0.25, 0.3) is 21.8 Å². The summed E-state index contributed by atoms with van der Waals surface area (Å²) in [7, 11) is 2.08. The minimum Gasteiger partial charge on any atom is -0.390 e. The maximum absolute atomic E-state index is 10.7. The molecular weight excluding hydrogens is 524 g/mol. The number of nitrogens with zero attached hydrogens (tertiary/aromatic N) is 2. The van der Waals surface area contributed by atoms with Crippen LogP contribution in [0.3, 0.4) is 0 Å². The molecule has 0 aliphatic rings. The Labute approximate surface area is 179 Å². The van der Waals surface area contributed by atoms with Crippen molar-refractivity contribution in [2.24, 2.45) is 0 Å². The number of aliphatic hydroxyl groups excluding tert-OH is 1. The fourth-order valence-electron chi connectivity index (χ4n) is 3.46. The number of hydrogen-bond acceptors (Lipinski definition) is 2. The van der Waals surface area contributed by atoms with Gasteiger partial charge in [-0.15, -0.1) is 0 Å². The summed E-state index contributed by atoms with van der Waals surface area (Å²) in [5, 5.41) is 13.1. The van der Waals surface area contributed by atoms with Crippen molar-refractivity contribution in [3.63, 3.8) is 0 Å². The Balaban J connectivity index is 2.01. The van der Waals surface area contributed by atoms with Crippen molar-refractivity contribution in [2.45, 2.75) is 32.4 Å². The van der Waals surface area contributed by atoms with Gasteiger partial charge < -0.3 is 14.6 Å². The molecule has 0 saturated carbocycles. The van der Waals surface area contributed by atoms with Crippen molar-refractivity contribution in [1.82, 2.24) is 9.47 Å². The van der Waals surface area contributed by atoms with Gasteiger partial charge in [-0.1, -0.05) is 45.2 Å². The van der Waals surface area contributed by atoms with Crippen LogP contribution in [0.1, 0.15) is 19.8 Å². The van der Waals surface area contributed by atoms with Crippen molar-refractivity contribution < 1.29 is 5.11 Å². The Morgan fingerprint density at radius 3 is 2.54 bits per heavy atom. The lowest BCUT2D eigenvalue weighted by Crippen LogP contribution is -2.32. The number of hydrogen-bond donors (Lipinski definition) is 1. The first-order valence-corrected chi connectivity index (χ1v) is 11.2. The summed E-state index contributed by atoms with van der Waals surface area (Å²) in [6.45, 7) is 4.45. The Hall–Kier alpha value is -0.400. The van der Waals surface area contributed by atoms with Gasteiger partial charge in [-0.25, -0.2) is 0 Å². The third-order valence-corrected chi connectivity index (χ3v) is 6.20. The van der Waals surface area contributed by atoms with E-state index in [0.717, 1.165) is 37.4 Å². The van der Waals surface area contributed by atoms with Crippen molar-refractivity contribution in [3.05, 3.63) is 43.7 Å². The van der Waals surface area contributed by atoms with E-state index in [9.17, 15) is 5.11 Å². The molecule has 1 aromatic heterocycles. The average molecular weight is 547 g/mol. The summed E-state index contributed by atoms with van der Waals surface area (Å²) >= 11 is 10.9. The molecule has 3 rings (SSSR count). The molecule has 26 heavy (non-hydrogen) atoms. The molecule has 0 saturated heterocycles. The number of fused-ring (bicyclic) bond motifs is 3. The quantitative estimate of drug-likeness (QED) is 0.383. The SMILES string of the molecule is CCCCN(C)C[C@@H](O)Cn1c2ccc(Br)cc2c2cc(Br)cc(Br)c21. The van der Waals surface area contributed by atoms with Crippen LogP contribution in [-0.2, 0) is 6.54 Å². The van der Waals surface area contributed by atoms with Gasteiger partial charge >= 0.3 is 0 Å². The Kier molecular flexibility index (Phi) is 6.83. The molecule has 140 valence electrons. The monoisotopic (exact) mass is 544 g/mol. The third kappa shape index (κ3) is 4.36. The van der Waals surface area contributed by atoms with Crippen molar-refractivity contribution >= 4 is 69.6 Å². The number of halogens is 3. The first-order valence-electron chi connectivity index (χ1n) is 8.83. The van der Waals surface area contributed by atoms with Gasteiger partial charge in [-0.05, 0) is 66.3 Å². The first-order chi connectivity index (χ1) is 12.4. The Morgan fingerprint density at radius 2 is 1.81 bits per heavy atom. The summed E-state index contributed by atoms with van der Waals surface area (Å²) in [5.74, 6) is 0. The number of aromatic nitrogens is 1. The van der Waals surface area contributed by atoms with Crippen LogP contribution in [0.5, 0.6) is 0 Å². The number of likely N-dealkylation sites (N-methyl/N-ethyl adjacent to an activating group) is 1. The normalized spacial score (nSPS) is 13.2. The lowest BCUT2D eigenvalue weighted by Gasteiger charge is -2.21. The lowest BCUT2D eigenvalue weighted by atomic mass is 10.2. The number of aliphatic hydroxyl groups is 1. The molecule has 1 atom stereocenters. The van der Waals surface area contributed by atoms with Gasteiger partial charge in [0, 0.05) is 36.3 Å². The van der Waals surface area contributed by atoms with Crippen LogP contribution in [0, 0.1) is 0 Å². The highest BCUT2D eigenvalue weighted by Crippen LogP contribution is 2.37. The highest BCUT2D eigenvalue weighted by Gasteiger charge is 2.17. The van der Waals surface area contributed by atoms with Crippen LogP contribution in [-0.4, -0.2) is 40.8 Å². The largest absolute Gasteiger partial charge is 0.390 e. The van der Waals surface area contributed by atoms with E-state index in [1.807, 2.05) is 0 Å². The molecular formula is C20H23Br3N2O. The smallest absolute Gasteiger partial charge is 0.0845 e.